The fourth-order valence-electron chi connectivity index (χ4n) is 4.54. The molecule has 1 fully saturated rings. The van der Waals surface area contributed by atoms with Crippen LogP contribution in [0.1, 0.15) is 49.3 Å². The van der Waals surface area contributed by atoms with Crippen LogP contribution in [-0.4, -0.2) is 38.7 Å². The van der Waals surface area contributed by atoms with Crippen molar-refractivity contribution < 1.29 is 4.79 Å². The van der Waals surface area contributed by atoms with Gasteiger partial charge in [-0.15, -0.1) is 0 Å². The molecule has 1 aliphatic carbocycles. The fourth-order valence-corrected chi connectivity index (χ4v) is 4.67. The molecule has 7 nitrogen and oxygen atoms in total. The summed E-state index contributed by atoms with van der Waals surface area (Å²) in [5.41, 5.74) is 2.93. The lowest BCUT2D eigenvalue weighted by molar-refractivity contribution is -0.120. The van der Waals surface area contributed by atoms with Crippen molar-refractivity contribution in [3.05, 3.63) is 76.8 Å². The lowest BCUT2D eigenvalue weighted by atomic mass is 9.95. The zero-order chi connectivity index (χ0) is 21.9. The topological polar surface area (TPSA) is 75.9 Å². The number of rotatable bonds is 5. The molecule has 8 heteroatoms. The van der Waals surface area contributed by atoms with Crippen LogP contribution in [0.25, 0.3) is 5.70 Å². The Morgan fingerprint density at radius 2 is 1.78 bits per heavy atom. The van der Waals surface area contributed by atoms with Crippen LogP contribution in [-0.2, 0) is 4.79 Å². The highest BCUT2D eigenvalue weighted by Gasteiger charge is 2.32. The summed E-state index contributed by atoms with van der Waals surface area (Å²) in [6.45, 7) is 0.158. The molecule has 1 aromatic heterocycles. The quantitative estimate of drug-likeness (QED) is 0.632. The van der Waals surface area contributed by atoms with Gasteiger partial charge in [-0.2, -0.15) is 4.68 Å². The van der Waals surface area contributed by atoms with Crippen LogP contribution < -0.4 is 10.2 Å². The second-order valence-corrected chi connectivity index (χ2v) is 8.76. The van der Waals surface area contributed by atoms with E-state index in [1.165, 1.54) is 19.3 Å². The van der Waals surface area contributed by atoms with Crippen molar-refractivity contribution in [2.75, 3.05) is 11.4 Å². The van der Waals surface area contributed by atoms with Gasteiger partial charge in [0.25, 0.3) is 5.95 Å². The molecule has 1 N–H and O–H groups in total. The Hall–Kier alpha value is -3.19. The van der Waals surface area contributed by atoms with Crippen LogP contribution in [0.5, 0.6) is 0 Å². The van der Waals surface area contributed by atoms with Crippen molar-refractivity contribution in [2.24, 2.45) is 0 Å². The Kier molecular flexibility index (Phi) is 5.90. The van der Waals surface area contributed by atoms with E-state index in [0.717, 1.165) is 29.7 Å². The van der Waals surface area contributed by atoms with Crippen LogP contribution in [0.15, 0.2) is 60.7 Å². The largest absolute Gasteiger partial charge is 0.352 e. The molecule has 1 aliphatic heterocycles. The number of tetrazole rings is 1. The normalized spacial score (nSPS) is 18.7. The van der Waals surface area contributed by atoms with E-state index >= 15 is 0 Å². The lowest BCUT2D eigenvalue weighted by Gasteiger charge is -2.33. The summed E-state index contributed by atoms with van der Waals surface area (Å²) >= 11 is 6.10. The van der Waals surface area contributed by atoms with Gasteiger partial charge in [0.1, 0.15) is 12.6 Å². The molecular formula is C24H25ClN6O. The summed E-state index contributed by atoms with van der Waals surface area (Å²) in [5, 5.41) is 16.3. The number of hydrogen-bond donors (Lipinski definition) is 1. The minimum atomic E-state index is -0.204. The number of benzene rings is 2. The number of nitrogens with one attached hydrogen (secondary N) is 1. The Labute approximate surface area is 192 Å². The van der Waals surface area contributed by atoms with Gasteiger partial charge in [-0.3, -0.25) is 9.69 Å². The molecule has 0 bridgehead atoms. The molecule has 2 aliphatic rings. The van der Waals surface area contributed by atoms with Crippen molar-refractivity contribution in [3.8, 4) is 0 Å². The highest BCUT2D eigenvalue weighted by atomic mass is 35.5. The molecule has 0 radical (unpaired) electrons. The van der Waals surface area contributed by atoms with Crippen molar-refractivity contribution in [1.29, 1.82) is 0 Å². The third-order valence-corrected chi connectivity index (χ3v) is 6.39. The number of amides is 1. The van der Waals surface area contributed by atoms with Gasteiger partial charge in [-0.1, -0.05) is 78.4 Å². The molecule has 2 heterocycles. The van der Waals surface area contributed by atoms with Gasteiger partial charge in [0, 0.05) is 11.1 Å². The molecule has 3 aromatic rings. The SMILES string of the molecule is O=C(CN1C(c2ccccc2)=C[C@@H](c2ccc(Cl)cc2)n2nnnc21)NC1CCCCC1. The van der Waals surface area contributed by atoms with Crippen LogP contribution >= 0.6 is 11.6 Å². The number of carbonyl (C=O) groups is 1. The minimum absolute atomic E-state index is 0.0155. The summed E-state index contributed by atoms with van der Waals surface area (Å²) in [6.07, 6.45) is 7.79. The van der Waals surface area contributed by atoms with E-state index in [4.69, 9.17) is 11.6 Å². The number of allylic oxidation sites excluding steroid dienone is 1. The van der Waals surface area contributed by atoms with E-state index < -0.39 is 0 Å². The maximum atomic E-state index is 13.0. The van der Waals surface area contributed by atoms with E-state index in [1.807, 2.05) is 59.5 Å². The number of carbonyl (C=O) groups excluding carboxylic acids is 1. The smallest absolute Gasteiger partial charge is 0.251 e. The third kappa shape index (κ3) is 4.25. The maximum Gasteiger partial charge on any atom is 0.251 e. The van der Waals surface area contributed by atoms with E-state index in [1.54, 1.807) is 4.68 Å². The van der Waals surface area contributed by atoms with E-state index in [2.05, 4.69) is 26.9 Å². The first-order valence-electron chi connectivity index (χ1n) is 11.1. The summed E-state index contributed by atoms with van der Waals surface area (Å²) in [4.78, 5) is 14.9. The van der Waals surface area contributed by atoms with Crippen LogP contribution in [0.4, 0.5) is 5.95 Å². The van der Waals surface area contributed by atoms with Crippen molar-refractivity contribution in [2.45, 2.75) is 44.2 Å². The molecule has 0 spiro atoms. The summed E-state index contributed by atoms with van der Waals surface area (Å²) in [5.74, 6) is 0.531. The predicted octanol–water partition coefficient (Wildman–Crippen LogP) is 4.23. The Bertz CT molecular complexity index is 1110. The zero-order valence-electron chi connectivity index (χ0n) is 17.7. The number of halogens is 1. The van der Waals surface area contributed by atoms with Crippen molar-refractivity contribution >= 4 is 29.2 Å². The Morgan fingerprint density at radius 1 is 1.03 bits per heavy atom. The van der Waals surface area contributed by atoms with Gasteiger partial charge >= 0.3 is 0 Å². The molecule has 1 atom stereocenters. The molecular weight excluding hydrogens is 424 g/mol. The maximum absolute atomic E-state index is 13.0. The van der Waals surface area contributed by atoms with Gasteiger partial charge in [-0.05, 0) is 52.6 Å². The number of nitrogens with zero attached hydrogens (tertiary/aromatic N) is 5. The average Bonchev–Trinajstić information content (AvgIpc) is 3.31. The molecule has 164 valence electrons. The van der Waals surface area contributed by atoms with E-state index in [-0.39, 0.29) is 24.5 Å². The van der Waals surface area contributed by atoms with Gasteiger partial charge < -0.3 is 5.32 Å². The monoisotopic (exact) mass is 448 g/mol. The minimum Gasteiger partial charge on any atom is -0.352 e. The number of hydrogen-bond acceptors (Lipinski definition) is 5. The molecule has 2 aromatic carbocycles. The lowest BCUT2D eigenvalue weighted by Crippen LogP contribution is -2.44. The van der Waals surface area contributed by atoms with Crippen LogP contribution in [0, 0.1) is 0 Å². The zero-order valence-corrected chi connectivity index (χ0v) is 18.4. The number of aromatic nitrogens is 4. The first kappa shape index (κ1) is 20.7. The van der Waals surface area contributed by atoms with Crippen LogP contribution in [0.3, 0.4) is 0 Å². The molecule has 1 amide bonds. The van der Waals surface area contributed by atoms with Gasteiger partial charge in [0.15, 0.2) is 0 Å². The first-order valence-corrected chi connectivity index (χ1v) is 11.4. The first-order chi connectivity index (χ1) is 15.7. The van der Waals surface area contributed by atoms with Crippen LogP contribution in [0.2, 0.25) is 5.02 Å². The molecule has 32 heavy (non-hydrogen) atoms. The van der Waals surface area contributed by atoms with E-state index in [0.29, 0.717) is 11.0 Å². The summed E-state index contributed by atoms with van der Waals surface area (Å²) in [7, 11) is 0. The van der Waals surface area contributed by atoms with Gasteiger partial charge in [0.05, 0.1) is 5.70 Å². The molecule has 5 rings (SSSR count). The third-order valence-electron chi connectivity index (χ3n) is 6.14. The van der Waals surface area contributed by atoms with Gasteiger partial charge in [-0.25, -0.2) is 0 Å². The highest BCUT2D eigenvalue weighted by Crippen LogP contribution is 2.36. The number of fused-ring (bicyclic) bond motifs is 1. The summed E-state index contributed by atoms with van der Waals surface area (Å²) in [6, 6.07) is 17.8. The Morgan fingerprint density at radius 3 is 2.53 bits per heavy atom. The highest BCUT2D eigenvalue weighted by molar-refractivity contribution is 6.30. The Balaban J connectivity index is 1.49. The van der Waals surface area contributed by atoms with Gasteiger partial charge in [0.2, 0.25) is 5.91 Å². The fraction of sp³-hybridized carbons (Fsp3) is 0.333. The van der Waals surface area contributed by atoms with E-state index in [9.17, 15) is 4.79 Å². The second kappa shape index (κ2) is 9.12. The second-order valence-electron chi connectivity index (χ2n) is 8.33. The average molecular weight is 449 g/mol. The predicted molar refractivity (Wildman–Crippen MR) is 124 cm³/mol. The van der Waals surface area contributed by atoms with Crippen molar-refractivity contribution in [3.63, 3.8) is 0 Å². The standard InChI is InChI=1S/C24H25ClN6O/c25-19-13-11-18(12-14-19)22-15-21(17-7-3-1-4-8-17)30(24-27-28-29-31(22)24)16-23(32)26-20-9-5-2-6-10-20/h1,3-4,7-8,11-15,20,22H,2,5-6,9-10,16H2,(H,26,32)/t22-/m0/s1. The summed E-state index contributed by atoms with van der Waals surface area (Å²) < 4.78 is 1.75. The molecule has 0 unspecified atom stereocenters. The molecule has 1 saturated carbocycles. The molecule has 0 saturated heterocycles. The number of anilines is 1. The van der Waals surface area contributed by atoms with Crippen molar-refractivity contribution in [1.82, 2.24) is 25.5 Å².